The molecule has 2 aromatic heterocycles. The second kappa shape index (κ2) is 9.96. The molecule has 0 atom stereocenters. The van der Waals surface area contributed by atoms with Gasteiger partial charge < -0.3 is 4.90 Å². The largest absolute Gasteiger partial charge is 0.333 e. The number of aryl methyl sites for hydroxylation is 1. The van der Waals surface area contributed by atoms with Crippen LogP contribution in [0.1, 0.15) is 40.0 Å². The van der Waals surface area contributed by atoms with Crippen LogP contribution in [0.25, 0.3) is 0 Å². The molecule has 1 fully saturated rings. The average molecular weight is 421 g/mol. The van der Waals surface area contributed by atoms with E-state index in [9.17, 15) is 4.79 Å². The number of benzene rings is 1. The molecule has 3 heterocycles. The maximum atomic E-state index is 13.1. The standard InChI is InChI=1S/C24H28N4OS/c1-19-5-2-3-7-22(19)16-27-11-8-20(9-12-27)14-28(15-21-6-4-10-25-13-21)24(29)23-17-30-18-26-23/h2-7,10,13,17-18,20H,8-9,11-12,14-16H2,1H3. The van der Waals surface area contributed by atoms with Crippen molar-refractivity contribution in [1.82, 2.24) is 19.8 Å². The van der Waals surface area contributed by atoms with Gasteiger partial charge >= 0.3 is 0 Å². The van der Waals surface area contributed by atoms with Crippen molar-refractivity contribution in [3.8, 4) is 0 Å². The summed E-state index contributed by atoms with van der Waals surface area (Å²) in [5, 5.41) is 1.84. The Morgan fingerprint density at radius 3 is 2.73 bits per heavy atom. The highest BCUT2D eigenvalue weighted by Crippen LogP contribution is 2.23. The zero-order valence-electron chi connectivity index (χ0n) is 17.4. The number of amides is 1. The first-order chi connectivity index (χ1) is 14.7. The zero-order chi connectivity index (χ0) is 20.8. The second-order valence-corrected chi connectivity index (χ2v) is 8.79. The summed E-state index contributed by atoms with van der Waals surface area (Å²) in [7, 11) is 0. The molecule has 4 rings (SSSR count). The van der Waals surface area contributed by atoms with Crippen LogP contribution in [0.4, 0.5) is 0 Å². The number of aromatic nitrogens is 2. The lowest BCUT2D eigenvalue weighted by Gasteiger charge is -2.35. The number of carbonyl (C=O) groups excluding carboxylic acids is 1. The van der Waals surface area contributed by atoms with E-state index in [2.05, 4.69) is 46.1 Å². The fourth-order valence-electron chi connectivity index (χ4n) is 4.08. The van der Waals surface area contributed by atoms with Crippen molar-refractivity contribution in [2.45, 2.75) is 32.9 Å². The number of rotatable bonds is 7. The molecule has 156 valence electrons. The van der Waals surface area contributed by atoms with Crippen molar-refractivity contribution in [3.05, 3.63) is 82.1 Å². The molecular formula is C24H28N4OS. The summed E-state index contributed by atoms with van der Waals surface area (Å²) in [5.41, 5.74) is 6.09. The predicted molar refractivity (Wildman–Crippen MR) is 120 cm³/mol. The number of nitrogens with zero attached hydrogens (tertiary/aromatic N) is 4. The van der Waals surface area contributed by atoms with E-state index < -0.39 is 0 Å². The highest BCUT2D eigenvalue weighted by Gasteiger charge is 2.25. The first-order valence-corrected chi connectivity index (χ1v) is 11.5. The number of hydrogen-bond acceptors (Lipinski definition) is 5. The van der Waals surface area contributed by atoms with Crippen LogP contribution in [-0.4, -0.2) is 45.3 Å². The van der Waals surface area contributed by atoms with Crippen LogP contribution in [0.2, 0.25) is 0 Å². The van der Waals surface area contributed by atoms with Crippen molar-refractivity contribution in [2.24, 2.45) is 5.92 Å². The van der Waals surface area contributed by atoms with Gasteiger partial charge in [0.15, 0.2) is 0 Å². The topological polar surface area (TPSA) is 49.3 Å². The Balaban J connectivity index is 1.37. The molecule has 3 aromatic rings. The molecule has 1 aliphatic rings. The lowest BCUT2D eigenvalue weighted by atomic mass is 9.95. The van der Waals surface area contributed by atoms with Crippen LogP contribution >= 0.6 is 11.3 Å². The third-order valence-corrected chi connectivity index (χ3v) is 6.46. The number of piperidine rings is 1. The number of thiazole rings is 1. The fourth-order valence-corrected chi connectivity index (χ4v) is 4.60. The van der Waals surface area contributed by atoms with E-state index in [0.29, 0.717) is 18.2 Å². The summed E-state index contributed by atoms with van der Waals surface area (Å²) in [6.45, 7) is 6.69. The Morgan fingerprint density at radius 1 is 1.20 bits per heavy atom. The van der Waals surface area contributed by atoms with Crippen molar-refractivity contribution in [1.29, 1.82) is 0 Å². The minimum absolute atomic E-state index is 0.0162. The quantitative estimate of drug-likeness (QED) is 0.568. The minimum atomic E-state index is 0.0162. The van der Waals surface area contributed by atoms with Gasteiger partial charge in [-0.1, -0.05) is 30.3 Å². The first kappa shape index (κ1) is 20.7. The van der Waals surface area contributed by atoms with Gasteiger partial charge in [-0.2, -0.15) is 0 Å². The van der Waals surface area contributed by atoms with Crippen LogP contribution in [0.15, 0.2) is 59.7 Å². The monoisotopic (exact) mass is 420 g/mol. The van der Waals surface area contributed by atoms with Gasteiger partial charge in [0.05, 0.1) is 5.51 Å². The third-order valence-electron chi connectivity index (χ3n) is 5.88. The van der Waals surface area contributed by atoms with Crippen LogP contribution < -0.4 is 0 Å². The van der Waals surface area contributed by atoms with Gasteiger partial charge in [0.2, 0.25) is 0 Å². The summed E-state index contributed by atoms with van der Waals surface area (Å²) >= 11 is 1.46. The van der Waals surface area contributed by atoms with Crippen molar-refractivity contribution in [3.63, 3.8) is 0 Å². The van der Waals surface area contributed by atoms with Crippen LogP contribution in [0.3, 0.4) is 0 Å². The molecule has 0 spiro atoms. The van der Waals surface area contributed by atoms with Gasteiger partial charge in [-0.15, -0.1) is 11.3 Å². The average Bonchev–Trinajstić information content (AvgIpc) is 3.31. The minimum Gasteiger partial charge on any atom is -0.333 e. The number of carbonyl (C=O) groups is 1. The fraction of sp³-hybridized carbons (Fsp3) is 0.375. The highest BCUT2D eigenvalue weighted by atomic mass is 32.1. The Kier molecular flexibility index (Phi) is 6.87. The predicted octanol–water partition coefficient (Wildman–Crippen LogP) is 4.40. The molecule has 5 nitrogen and oxygen atoms in total. The lowest BCUT2D eigenvalue weighted by molar-refractivity contribution is 0.0666. The highest BCUT2D eigenvalue weighted by molar-refractivity contribution is 7.07. The van der Waals surface area contributed by atoms with Crippen molar-refractivity contribution < 1.29 is 4.79 Å². The number of pyridine rings is 1. The van der Waals surface area contributed by atoms with Gasteiger partial charge in [0.1, 0.15) is 5.69 Å². The summed E-state index contributed by atoms with van der Waals surface area (Å²) < 4.78 is 0. The van der Waals surface area contributed by atoms with Gasteiger partial charge in [0.25, 0.3) is 5.91 Å². The van der Waals surface area contributed by atoms with Gasteiger partial charge in [-0.05, 0) is 61.5 Å². The van der Waals surface area contributed by atoms with Crippen LogP contribution in [-0.2, 0) is 13.1 Å². The maximum Gasteiger partial charge on any atom is 0.273 e. The summed E-state index contributed by atoms with van der Waals surface area (Å²) in [4.78, 5) is 26.0. The molecule has 1 aliphatic heterocycles. The van der Waals surface area contributed by atoms with E-state index in [1.165, 1.54) is 22.5 Å². The molecule has 0 saturated carbocycles. The number of hydrogen-bond donors (Lipinski definition) is 0. The van der Waals surface area contributed by atoms with E-state index in [4.69, 9.17) is 0 Å². The summed E-state index contributed by atoms with van der Waals surface area (Å²) in [5.74, 6) is 0.528. The molecule has 1 amide bonds. The molecule has 0 bridgehead atoms. The number of likely N-dealkylation sites (tertiary alicyclic amines) is 1. The summed E-state index contributed by atoms with van der Waals surface area (Å²) in [6, 6.07) is 12.6. The Bertz CT molecular complexity index is 937. The molecule has 0 aliphatic carbocycles. The van der Waals surface area contributed by atoms with Gasteiger partial charge in [0, 0.05) is 37.4 Å². The first-order valence-electron chi connectivity index (χ1n) is 10.5. The smallest absolute Gasteiger partial charge is 0.273 e. The Labute approximate surface area is 182 Å². The van der Waals surface area contributed by atoms with E-state index in [-0.39, 0.29) is 5.91 Å². The van der Waals surface area contributed by atoms with Crippen LogP contribution in [0, 0.1) is 12.8 Å². The van der Waals surface area contributed by atoms with Gasteiger partial charge in [-0.3, -0.25) is 14.7 Å². The molecule has 0 radical (unpaired) electrons. The van der Waals surface area contributed by atoms with E-state index in [0.717, 1.165) is 44.6 Å². The molecule has 1 aromatic carbocycles. The molecule has 0 unspecified atom stereocenters. The molecule has 1 saturated heterocycles. The zero-order valence-corrected chi connectivity index (χ0v) is 18.2. The molecule has 0 N–H and O–H groups in total. The van der Waals surface area contributed by atoms with Gasteiger partial charge in [-0.25, -0.2) is 4.98 Å². The van der Waals surface area contributed by atoms with Crippen LogP contribution in [0.5, 0.6) is 0 Å². The SMILES string of the molecule is Cc1ccccc1CN1CCC(CN(Cc2cccnc2)C(=O)c2cscn2)CC1. The van der Waals surface area contributed by atoms with E-state index in [1.54, 1.807) is 11.7 Å². The van der Waals surface area contributed by atoms with E-state index >= 15 is 0 Å². The molecule has 6 heteroatoms. The van der Waals surface area contributed by atoms with E-state index in [1.807, 2.05) is 28.6 Å². The third kappa shape index (κ3) is 5.32. The second-order valence-electron chi connectivity index (χ2n) is 8.07. The molecule has 30 heavy (non-hydrogen) atoms. The Hall–Kier alpha value is -2.57. The molecular weight excluding hydrogens is 392 g/mol. The maximum absolute atomic E-state index is 13.1. The van der Waals surface area contributed by atoms with Crippen molar-refractivity contribution >= 4 is 17.2 Å². The summed E-state index contributed by atoms with van der Waals surface area (Å²) in [6.07, 6.45) is 5.83. The lowest BCUT2D eigenvalue weighted by Crippen LogP contribution is -2.40. The Morgan fingerprint density at radius 2 is 2.03 bits per heavy atom. The van der Waals surface area contributed by atoms with Crippen molar-refractivity contribution in [2.75, 3.05) is 19.6 Å². The normalized spacial score (nSPS) is 15.2.